The van der Waals surface area contributed by atoms with E-state index in [1.165, 1.54) is 4.57 Å². The quantitative estimate of drug-likeness (QED) is 0.328. The van der Waals surface area contributed by atoms with Gasteiger partial charge >= 0.3 is 0 Å². The Morgan fingerprint density at radius 1 is 1.14 bits per heavy atom. The molecular weight excluding hydrogens is 550 g/mol. The van der Waals surface area contributed by atoms with E-state index in [0.29, 0.717) is 45.0 Å². The fourth-order valence-electron chi connectivity index (χ4n) is 5.79. The average Bonchev–Trinajstić information content (AvgIpc) is 3.37. The number of anilines is 2. The van der Waals surface area contributed by atoms with Gasteiger partial charge in [-0.3, -0.25) is 9.36 Å². The Labute approximate surface area is 245 Å². The van der Waals surface area contributed by atoms with Crippen molar-refractivity contribution in [3.05, 3.63) is 88.9 Å². The molecule has 2 unspecified atom stereocenters. The highest BCUT2D eigenvalue weighted by atomic mass is 32.2. The van der Waals surface area contributed by atoms with E-state index in [9.17, 15) is 13.2 Å². The van der Waals surface area contributed by atoms with Gasteiger partial charge in [0.05, 0.1) is 16.7 Å². The van der Waals surface area contributed by atoms with E-state index in [4.69, 9.17) is 9.72 Å². The van der Waals surface area contributed by atoms with Gasteiger partial charge in [0.15, 0.2) is 9.84 Å². The van der Waals surface area contributed by atoms with Crippen LogP contribution < -0.4 is 15.6 Å². The van der Waals surface area contributed by atoms with Crippen molar-refractivity contribution in [3.8, 4) is 5.75 Å². The molecule has 1 fully saturated rings. The summed E-state index contributed by atoms with van der Waals surface area (Å²) in [6, 6.07) is 15.7. The molecule has 2 aromatic carbocycles. The number of likely N-dealkylation sites (tertiary alicyclic amines) is 1. The zero-order chi connectivity index (χ0) is 29.6. The summed E-state index contributed by atoms with van der Waals surface area (Å²) in [4.78, 5) is 25.9. The van der Waals surface area contributed by atoms with Gasteiger partial charge in [0.2, 0.25) is 5.95 Å². The molecule has 1 saturated heterocycles. The van der Waals surface area contributed by atoms with Gasteiger partial charge < -0.3 is 15.0 Å². The van der Waals surface area contributed by atoms with Gasteiger partial charge in [-0.1, -0.05) is 38.6 Å². The number of allylic oxidation sites excluding steroid dienone is 1. The van der Waals surface area contributed by atoms with E-state index in [0.717, 1.165) is 30.9 Å². The minimum Gasteiger partial charge on any atom is -0.489 e. The highest BCUT2D eigenvalue weighted by molar-refractivity contribution is 7.91. The van der Waals surface area contributed by atoms with Gasteiger partial charge in [-0.2, -0.15) is 4.98 Å². The van der Waals surface area contributed by atoms with Crippen molar-refractivity contribution in [3.63, 3.8) is 0 Å². The molecule has 4 heterocycles. The van der Waals surface area contributed by atoms with Gasteiger partial charge in [-0.15, -0.1) is 0 Å². The van der Waals surface area contributed by atoms with Crippen molar-refractivity contribution >= 4 is 38.1 Å². The number of ether oxygens (including phenoxy) is 1. The Balaban J connectivity index is 1.37. The number of likely N-dealkylation sites (N-methyl/N-ethyl adjacent to an activating group) is 1. The van der Waals surface area contributed by atoms with Gasteiger partial charge in [0, 0.05) is 35.9 Å². The lowest BCUT2D eigenvalue weighted by molar-refractivity contribution is 0.208. The Kier molecular flexibility index (Phi) is 7.36. The van der Waals surface area contributed by atoms with Crippen molar-refractivity contribution in [1.29, 1.82) is 0 Å². The van der Waals surface area contributed by atoms with E-state index in [1.807, 2.05) is 50.2 Å². The molecule has 218 valence electrons. The molecule has 9 nitrogen and oxygen atoms in total. The maximum atomic E-state index is 14.0. The van der Waals surface area contributed by atoms with Crippen LogP contribution in [-0.4, -0.2) is 59.8 Å². The highest BCUT2D eigenvalue weighted by Crippen LogP contribution is 2.33. The summed E-state index contributed by atoms with van der Waals surface area (Å²) in [5.74, 6) is 0.937. The van der Waals surface area contributed by atoms with Crippen LogP contribution in [0.25, 0.3) is 16.6 Å². The molecule has 0 bridgehead atoms. The topological polar surface area (TPSA) is 106 Å². The molecule has 42 heavy (non-hydrogen) atoms. The molecule has 10 heteroatoms. The first-order valence-electron chi connectivity index (χ1n) is 14.2. The molecule has 0 spiro atoms. The van der Waals surface area contributed by atoms with Crippen LogP contribution in [0.1, 0.15) is 37.4 Å². The van der Waals surface area contributed by atoms with E-state index >= 15 is 0 Å². The van der Waals surface area contributed by atoms with Gasteiger partial charge in [-0.25, -0.2) is 13.4 Å². The Bertz CT molecular complexity index is 1830. The average molecular weight is 586 g/mol. The molecule has 6 rings (SSSR count). The fraction of sp³-hybridized carbons (Fsp3) is 0.344. The van der Waals surface area contributed by atoms with E-state index < -0.39 is 15.9 Å². The number of nitrogens with zero attached hydrogens (tertiary/aromatic N) is 4. The third kappa shape index (κ3) is 5.44. The fourth-order valence-corrected chi connectivity index (χ4v) is 7.58. The largest absolute Gasteiger partial charge is 0.489 e. The van der Waals surface area contributed by atoms with Crippen LogP contribution in [0.3, 0.4) is 0 Å². The first kappa shape index (κ1) is 28.1. The molecule has 0 saturated carbocycles. The molecule has 4 aromatic rings. The predicted octanol–water partition coefficient (Wildman–Crippen LogP) is 4.86. The van der Waals surface area contributed by atoms with Crippen LogP contribution >= 0.6 is 0 Å². The molecular formula is C32H35N5O4S. The summed E-state index contributed by atoms with van der Waals surface area (Å²) in [6.45, 7) is 10.1. The smallest absolute Gasteiger partial charge is 0.260 e. The van der Waals surface area contributed by atoms with Crippen molar-refractivity contribution in [2.24, 2.45) is 5.92 Å². The van der Waals surface area contributed by atoms with Crippen LogP contribution in [0.15, 0.2) is 77.1 Å². The lowest BCUT2D eigenvalue weighted by Gasteiger charge is -2.28. The van der Waals surface area contributed by atoms with Crippen LogP contribution in [0.5, 0.6) is 5.75 Å². The summed E-state index contributed by atoms with van der Waals surface area (Å²) in [5.41, 5.74) is 2.66. The summed E-state index contributed by atoms with van der Waals surface area (Å²) in [5, 5.41) is 3.86. The Morgan fingerprint density at radius 2 is 1.90 bits per heavy atom. The highest BCUT2D eigenvalue weighted by Gasteiger charge is 2.33. The van der Waals surface area contributed by atoms with Crippen molar-refractivity contribution in [1.82, 2.24) is 19.4 Å². The number of fused-ring (bicyclic) bond motifs is 2. The van der Waals surface area contributed by atoms with Crippen molar-refractivity contribution < 1.29 is 13.2 Å². The maximum absolute atomic E-state index is 14.0. The standard InChI is InChI=1S/C32H35N5O4S/c1-20(2)21(3)28-16-23-17-33-32(34-24-9-11-26(12-10-24)41-27-13-14-36(4)18-27)35-30(23)37(31(28)38)25-15-22-7-5-6-8-29(22)42(39,40)19-25/h5-12,16-17,20,25,27H,3,13-15,18-19H2,1-2,4H3,(H,33,34,35). The number of hydrogen-bond donors (Lipinski definition) is 1. The first-order chi connectivity index (χ1) is 20.1. The van der Waals surface area contributed by atoms with Crippen LogP contribution in [-0.2, 0) is 16.3 Å². The van der Waals surface area contributed by atoms with Crippen molar-refractivity contribution in [2.75, 3.05) is 31.2 Å². The summed E-state index contributed by atoms with van der Waals surface area (Å²) in [7, 11) is -1.51. The van der Waals surface area contributed by atoms with Crippen LogP contribution in [0, 0.1) is 5.92 Å². The molecule has 0 radical (unpaired) electrons. The van der Waals surface area contributed by atoms with Gasteiger partial charge in [0.1, 0.15) is 17.5 Å². The summed E-state index contributed by atoms with van der Waals surface area (Å²) < 4.78 is 34.2. The van der Waals surface area contributed by atoms with Crippen molar-refractivity contribution in [2.45, 2.75) is 43.7 Å². The molecule has 1 N–H and O–H groups in total. The number of aromatic nitrogens is 3. The Morgan fingerprint density at radius 3 is 2.62 bits per heavy atom. The molecule has 0 amide bonds. The third-order valence-corrected chi connectivity index (χ3v) is 10.0. The monoisotopic (exact) mass is 585 g/mol. The summed E-state index contributed by atoms with van der Waals surface area (Å²) >= 11 is 0. The number of pyridine rings is 1. The molecule has 2 aliphatic heterocycles. The second-order valence-corrected chi connectivity index (χ2v) is 13.6. The zero-order valence-electron chi connectivity index (χ0n) is 24.1. The number of benzene rings is 2. The molecule has 2 aromatic heterocycles. The normalized spacial score (nSPS) is 20.0. The molecule has 2 atom stereocenters. The second-order valence-electron chi connectivity index (χ2n) is 11.6. The van der Waals surface area contributed by atoms with Crippen LogP contribution in [0.2, 0.25) is 0 Å². The van der Waals surface area contributed by atoms with Crippen LogP contribution in [0.4, 0.5) is 11.6 Å². The number of sulfone groups is 1. The number of nitrogens with one attached hydrogen (secondary N) is 1. The minimum absolute atomic E-state index is 0.0304. The predicted molar refractivity (Wildman–Crippen MR) is 165 cm³/mol. The minimum atomic E-state index is -3.60. The Hall–Kier alpha value is -4.02. The zero-order valence-corrected chi connectivity index (χ0v) is 24.9. The first-order valence-corrected chi connectivity index (χ1v) is 15.9. The third-order valence-electron chi connectivity index (χ3n) is 8.12. The van der Waals surface area contributed by atoms with E-state index in [1.54, 1.807) is 24.4 Å². The lowest BCUT2D eigenvalue weighted by atomic mass is 9.97. The van der Waals surface area contributed by atoms with Gasteiger partial charge in [0.25, 0.3) is 5.56 Å². The SMILES string of the molecule is C=C(c1cc2cnc(Nc3ccc(OC4CCN(C)C4)cc3)nc2n(C2Cc3ccccc3S(=O)(=O)C2)c1=O)C(C)C. The van der Waals surface area contributed by atoms with E-state index in [2.05, 4.69) is 28.8 Å². The molecule has 0 aliphatic carbocycles. The maximum Gasteiger partial charge on any atom is 0.260 e. The lowest BCUT2D eigenvalue weighted by Crippen LogP contribution is -2.36. The number of hydrogen-bond acceptors (Lipinski definition) is 8. The number of rotatable bonds is 7. The second kappa shape index (κ2) is 11.0. The van der Waals surface area contributed by atoms with E-state index in [-0.39, 0.29) is 23.3 Å². The molecule has 2 aliphatic rings. The van der Waals surface area contributed by atoms with Gasteiger partial charge in [-0.05, 0) is 73.3 Å². The summed E-state index contributed by atoms with van der Waals surface area (Å²) in [6.07, 6.45) is 3.24.